The van der Waals surface area contributed by atoms with E-state index in [0.29, 0.717) is 36.8 Å². The largest absolute Gasteiger partial charge is 0.493 e. The van der Waals surface area contributed by atoms with Gasteiger partial charge in [-0.2, -0.15) is 9.78 Å². The van der Waals surface area contributed by atoms with E-state index in [1.54, 1.807) is 18.5 Å². The number of halogens is 1. The zero-order valence-electron chi connectivity index (χ0n) is 26.9. The van der Waals surface area contributed by atoms with Crippen LogP contribution >= 0.6 is 11.6 Å². The Labute approximate surface area is 265 Å². The fourth-order valence-corrected chi connectivity index (χ4v) is 6.33. The summed E-state index contributed by atoms with van der Waals surface area (Å²) in [6.07, 6.45) is 5.28. The van der Waals surface area contributed by atoms with E-state index in [4.69, 9.17) is 25.5 Å². The molecule has 0 fully saturated rings. The zero-order valence-corrected chi connectivity index (χ0v) is 28.6. The topological polar surface area (TPSA) is 84.6 Å². The first-order chi connectivity index (χ1) is 20.5. The molecule has 5 rings (SSSR count). The first-order valence-electron chi connectivity index (χ1n) is 15.0. The summed E-state index contributed by atoms with van der Waals surface area (Å²) in [4.78, 5) is 26.6. The van der Waals surface area contributed by atoms with Crippen LogP contribution in [0.15, 0.2) is 55.0 Å². The number of ketones is 1. The fourth-order valence-electron chi connectivity index (χ4n) is 5.10. The molecule has 0 radical (unpaired) electrons. The molecule has 0 amide bonds. The van der Waals surface area contributed by atoms with Gasteiger partial charge in [0.15, 0.2) is 14.1 Å². The lowest BCUT2D eigenvalue weighted by molar-refractivity contribution is 0.0514. The van der Waals surface area contributed by atoms with Gasteiger partial charge in [0.05, 0.1) is 25.3 Å². The summed E-state index contributed by atoms with van der Waals surface area (Å²) >= 11 is 6.24. The number of fused-ring (bicyclic) bond motifs is 2. The monoisotopic (exact) mass is 635 g/mol. The van der Waals surface area contributed by atoms with E-state index in [-0.39, 0.29) is 16.7 Å². The van der Waals surface area contributed by atoms with Crippen molar-refractivity contribution >= 4 is 42.7 Å². The summed E-state index contributed by atoms with van der Waals surface area (Å²) in [6, 6.07) is 11.5. The van der Waals surface area contributed by atoms with Crippen LogP contribution in [0.3, 0.4) is 0 Å². The van der Waals surface area contributed by atoms with Crippen molar-refractivity contribution in [3.63, 3.8) is 0 Å². The summed E-state index contributed by atoms with van der Waals surface area (Å²) in [7, 11) is -1.96. The van der Waals surface area contributed by atoms with Crippen molar-refractivity contribution in [1.29, 1.82) is 0 Å². The molecule has 234 valence electrons. The Balaban J connectivity index is 1.47. The molecule has 3 heterocycles. The van der Waals surface area contributed by atoms with E-state index in [2.05, 4.69) is 43.5 Å². The quantitative estimate of drug-likeness (QED) is 0.150. The van der Waals surface area contributed by atoms with Gasteiger partial charge >= 0.3 is 6.09 Å². The van der Waals surface area contributed by atoms with Gasteiger partial charge in [0.1, 0.15) is 11.4 Å². The lowest BCUT2D eigenvalue weighted by atomic mass is 9.89. The van der Waals surface area contributed by atoms with E-state index in [1.807, 2.05) is 57.3 Å². The number of rotatable bonds is 7. The summed E-state index contributed by atoms with van der Waals surface area (Å²) < 4.78 is 21.2. The van der Waals surface area contributed by atoms with Gasteiger partial charge in [-0.25, -0.2) is 4.79 Å². The molecule has 4 aromatic rings. The minimum atomic E-state index is -1.96. The number of carbonyl (C=O) groups is 2. The normalized spacial score (nSPS) is 15.6. The maximum Gasteiger partial charge on any atom is 0.435 e. The summed E-state index contributed by atoms with van der Waals surface area (Å²) in [6.45, 7) is 18.1. The number of hydrogen-bond donors (Lipinski definition) is 0. The van der Waals surface area contributed by atoms with Crippen LogP contribution < -0.4 is 4.74 Å². The van der Waals surface area contributed by atoms with Gasteiger partial charge in [-0.05, 0) is 80.7 Å². The first-order valence-corrected chi connectivity index (χ1v) is 18.3. The van der Waals surface area contributed by atoms with Gasteiger partial charge in [-0.1, -0.05) is 44.5 Å². The molecule has 44 heavy (non-hydrogen) atoms. The van der Waals surface area contributed by atoms with Gasteiger partial charge in [-0.15, -0.1) is 0 Å². The van der Waals surface area contributed by atoms with Crippen LogP contribution in [0.4, 0.5) is 4.79 Å². The number of hydrogen-bond acceptors (Lipinski definition) is 6. The molecule has 1 atom stereocenters. The van der Waals surface area contributed by atoms with Crippen molar-refractivity contribution in [2.45, 2.75) is 78.2 Å². The number of ether oxygens (including phenoxy) is 2. The second kappa shape index (κ2) is 11.8. The van der Waals surface area contributed by atoms with Gasteiger partial charge in [0.25, 0.3) is 0 Å². The minimum Gasteiger partial charge on any atom is -0.493 e. The Morgan fingerprint density at radius 3 is 2.50 bits per heavy atom. The average molecular weight is 636 g/mol. The van der Waals surface area contributed by atoms with Crippen molar-refractivity contribution in [1.82, 2.24) is 14.3 Å². The number of nitrogens with zero attached hydrogens (tertiary/aromatic N) is 3. The Bertz CT molecular complexity index is 1710. The molecule has 1 aliphatic rings. The van der Waals surface area contributed by atoms with E-state index >= 15 is 0 Å². The Kier molecular flexibility index (Phi) is 8.61. The van der Waals surface area contributed by atoms with Crippen molar-refractivity contribution in [2.75, 3.05) is 13.2 Å². The van der Waals surface area contributed by atoms with Crippen LogP contribution in [0.25, 0.3) is 22.0 Å². The Hall–Kier alpha value is -3.40. The summed E-state index contributed by atoms with van der Waals surface area (Å²) in [5, 5.41) is 5.82. The molecular weight excluding hydrogens is 594 g/mol. The maximum atomic E-state index is 14.0. The van der Waals surface area contributed by atoms with Crippen LogP contribution in [-0.2, 0) is 22.1 Å². The van der Waals surface area contributed by atoms with E-state index in [0.717, 1.165) is 33.3 Å². The smallest absolute Gasteiger partial charge is 0.435 e. The second-order valence-electron chi connectivity index (χ2n) is 14.1. The zero-order chi connectivity index (χ0) is 32.0. The van der Waals surface area contributed by atoms with Crippen LogP contribution in [0.1, 0.15) is 57.5 Å². The number of Topliss-reactive ketones (excluding diaryl/α,β-unsaturated/α-hetero) is 1. The molecule has 0 saturated carbocycles. The summed E-state index contributed by atoms with van der Waals surface area (Å²) in [5.74, 6) is 0.491. The Morgan fingerprint density at radius 1 is 1.05 bits per heavy atom. The molecule has 8 nitrogen and oxygen atoms in total. The molecule has 1 unspecified atom stereocenters. The van der Waals surface area contributed by atoms with Crippen molar-refractivity contribution in [3.8, 4) is 16.9 Å². The van der Waals surface area contributed by atoms with E-state index in [1.165, 1.54) is 4.68 Å². The Morgan fingerprint density at radius 2 is 1.80 bits per heavy atom. The highest BCUT2D eigenvalue weighted by Crippen LogP contribution is 2.37. The lowest BCUT2D eigenvalue weighted by Gasteiger charge is -2.36. The van der Waals surface area contributed by atoms with Crippen molar-refractivity contribution in [2.24, 2.45) is 5.92 Å². The highest BCUT2D eigenvalue weighted by Gasteiger charge is 2.37. The lowest BCUT2D eigenvalue weighted by Crippen LogP contribution is -2.41. The average Bonchev–Trinajstić information content (AvgIpc) is 3.56. The molecule has 2 aromatic heterocycles. The maximum absolute atomic E-state index is 14.0. The molecule has 0 N–H and O–H groups in total. The predicted molar refractivity (Wildman–Crippen MR) is 176 cm³/mol. The standard InChI is InChI=1S/C34H42ClN3O5Si/c1-33(2,3)43-32(40)38-19-25(18-36-38)22-9-11-27-28(31(39)24-15-23-16-26(35)10-12-30(23)41-21-24)20-37(29(27)17-22)13-14-42-44(7,8)34(4,5)6/h9-12,16-20,24H,13-15,21H2,1-8H3. The number of aromatic nitrogens is 3. The SMILES string of the molecule is CC(C)(C)OC(=O)n1cc(-c2ccc3c(C(=O)C4COc5ccc(Cl)cc5C4)cn(CCO[Si](C)(C)C(C)(C)C)c3c2)cn1. The van der Waals surface area contributed by atoms with Crippen molar-refractivity contribution < 1.29 is 23.5 Å². The molecule has 0 spiro atoms. The highest BCUT2D eigenvalue weighted by atomic mass is 35.5. The van der Waals surface area contributed by atoms with Gasteiger partial charge in [0.2, 0.25) is 0 Å². The highest BCUT2D eigenvalue weighted by molar-refractivity contribution is 6.74. The van der Waals surface area contributed by atoms with E-state index < -0.39 is 20.0 Å². The molecule has 0 saturated heterocycles. The minimum absolute atomic E-state index is 0.0372. The fraction of sp³-hybridized carbons (Fsp3) is 0.441. The van der Waals surface area contributed by atoms with Crippen molar-refractivity contribution in [3.05, 3.63) is 71.1 Å². The third-order valence-electron chi connectivity index (χ3n) is 8.55. The van der Waals surface area contributed by atoms with Crippen LogP contribution in [0.2, 0.25) is 23.2 Å². The van der Waals surface area contributed by atoms with Gasteiger partial charge in [-0.3, -0.25) is 4.79 Å². The van der Waals surface area contributed by atoms with Gasteiger partial charge < -0.3 is 18.5 Å². The summed E-state index contributed by atoms with van der Waals surface area (Å²) in [5.41, 5.74) is 3.52. The van der Waals surface area contributed by atoms with Crippen LogP contribution in [0.5, 0.6) is 5.75 Å². The number of benzene rings is 2. The predicted octanol–water partition coefficient (Wildman–Crippen LogP) is 8.40. The van der Waals surface area contributed by atoms with E-state index in [9.17, 15) is 9.59 Å². The number of carbonyl (C=O) groups excluding carboxylic acids is 2. The van der Waals surface area contributed by atoms with Gasteiger partial charge in [0, 0.05) is 46.0 Å². The molecule has 1 aliphatic heterocycles. The molecule has 10 heteroatoms. The molecule has 2 aromatic carbocycles. The van der Waals surface area contributed by atoms with Crippen LogP contribution in [0, 0.1) is 5.92 Å². The molecule has 0 bridgehead atoms. The third-order valence-corrected chi connectivity index (χ3v) is 13.3. The second-order valence-corrected chi connectivity index (χ2v) is 19.3. The van der Waals surface area contributed by atoms with Crippen LogP contribution in [-0.4, -0.2) is 53.4 Å². The first kappa shape index (κ1) is 32.0. The third kappa shape index (κ3) is 6.80. The molecular formula is C34H42ClN3O5Si. The molecule has 0 aliphatic carbocycles.